The molecule has 10 heteroatoms. The molecule has 4 heterocycles. The highest BCUT2D eigenvalue weighted by Gasteiger charge is 2.47. The molecule has 0 unspecified atom stereocenters. The summed E-state index contributed by atoms with van der Waals surface area (Å²) < 4.78 is 24.5. The monoisotopic (exact) mass is 557 g/mol. The van der Waals surface area contributed by atoms with Gasteiger partial charge in [0.1, 0.15) is 18.7 Å². The van der Waals surface area contributed by atoms with E-state index < -0.39 is 16.6 Å². The standard InChI is InChI=1S/C28H47N5O3Si2/c1-19-13-14-20(2)33(19)26-24-25(29-17-30-26)32(18-31-24)23-15-21(36-38(11,12)28(6,7)8)22(35-23)16-34-37(9,10)27(3,4)5/h13-14,17-18,21-23H,15-16H2,1-12H3/t21-,22+,23+/m0/s1. The predicted molar refractivity (Wildman–Crippen MR) is 158 cm³/mol. The van der Waals surface area contributed by atoms with Gasteiger partial charge in [0.25, 0.3) is 0 Å². The van der Waals surface area contributed by atoms with Crippen molar-refractivity contribution < 1.29 is 13.6 Å². The highest BCUT2D eigenvalue weighted by atomic mass is 28.4. The molecule has 3 aromatic rings. The number of nitrogens with zero attached hydrogens (tertiary/aromatic N) is 5. The number of imidazole rings is 1. The molecule has 0 aliphatic carbocycles. The van der Waals surface area contributed by atoms with E-state index in [4.69, 9.17) is 18.6 Å². The molecule has 0 amide bonds. The van der Waals surface area contributed by atoms with Crippen LogP contribution in [0, 0.1) is 13.8 Å². The minimum Gasteiger partial charge on any atom is -0.414 e. The molecule has 1 aliphatic rings. The zero-order chi connectivity index (χ0) is 28.3. The van der Waals surface area contributed by atoms with Crippen molar-refractivity contribution in [3.8, 4) is 5.82 Å². The van der Waals surface area contributed by atoms with E-state index in [1.165, 1.54) is 0 Å². The second-order valence-corrected chi connectivity index (χ2v) is 23.4. The van der Waals surface area contributed by atoms with Crippen molar-refractivity contribution in [1.82, 2.24) is 24.1 Å². The van der Waals surface area contributed by atoms with Crippen LogP contribution in [0.3, 0.4) is 0 Å². The van der Waals surface area contributed by atoms with Crippen molar-refractivity contribution in [3.63, 3.8) is 0 Å². The van der Waals surface area contributed by atoms with E-state index in [9.17, 15) is 0 Å². The first-order valence-electron chi connectivity index (χ1n) is 13.7. The fourth-order valence-electron chi connectivity index (χ4n) is 4.42. The van der Waals surface area contributed by atoms with E-state index in [0.717, 1.165) is 34.8 Å². The third-order valence-corrected chi connectivity index (χ3v) is 18.0. The highest BCUT2D eigenvalue weighted by Crippen LogP contribution is 2.43. The molecule has 38 heavy (non-hydrogen) atoms. The number of hydrogen-bond donors (Lipinski definition) is 0. The zero-order valence-electron chi connectivity index (χ0n) is 25.4. The average Bonchev–Trinajstić information content (AvgIpc) is 3.47. The summed E-state index contributed by atoms with van der Waals surface area (Å²) in [6, 6.07) is 4.19. The molecule has 210 valence electrons. The molecule has 0 spiro atoms. The van der Waals surface area contributed by atoms with Crippen molar-refractivity contribution in [2.75, 3.05) is 6.61 Å². The van der Waals surface area contributed by atoms with Gasteiger partial charge >= 0.3 is 0 Å². The fourth-order valence-corrected chi connectivity index (χ4v) is 6.80. The minimum absolute atomic E-state index is 0.0571. The molecule has 1 aliphatic heterocycles. The van der Waals surface area contributed by atoms with Crippen LogP contribution in [-0.4, -0.2) is 59.5 Å². The van der Waals surface area contributed by atoms with Gasteiger partial charge in [0.2, 0.25) is 0 Å². The zero-order valence-corrected chi connectivity index (χ0v) is 27.4. The Balaban J connectivity index is 1.66. The topological polar surface area (TPSA) is 76.2 Å². The first-order valence-corrected chi connectivity index (χ1v) is 19.5. The maximum atomic E-state index is 6.96. The van der Waals surface area contributed by atoms with Crippen molar-refractivity contribution in [1.29, 1.82) is 0 Å². The van der Waals surface area contributed by atoms with E-state index >= 15 is 0 Å². The Labute approximate surface area is 230 Å². The van der Waals surface area contributed by atoms with E-state index in [2.05, 4.69) is 108 Å². The lowest BCUT2D eigenvalue weighted by molar-refractivity contribution is -0.0383. The largest absolute Gasteiger partial charge is 0.414 e. The Kier molecular flexibility index (Phi) is 7.63. The molecule has 1 fully saturated rings. The Morgan fingerprint density at radius 2 is 1.53 bits per heavy atom. The van der Waals surface area contributed by atoms with Crippen LogP contribution in [0.2, 0.25) is 36.3 Å². The van der Waals surface area contributed by atoms with Crippen LogP contribution in [0.15, 0.2) is 24.8 Å². The smallest absolute Gasteiger partial charge is 0.192 e. The van der Waals surface area contributed by atoms with E-state index in [1.54, 1.807) is 6.33 Å². The summed E-state index contributed by atoms with van der Waals surface area (Å²) in [4.78, 5) is 14.0. The van der Waals surface area contributed by atoms with Gasteiger partial charge in [-0.25, -0.2) is 15.0 Å². The third kappa shape index (κ3) is 5.43. The molecular weight excluding hydrogens is 511 g/mol. The molecular formula is C28H47N5O3Si2. The lowest BCUT2D eigenvalue weighted by Gasteiger charge is -2.40. The molecule has 4 rings (SSSR count). The Hall–Kier alpha value is -1.86. The van der Waals surface area contributed by atoms with Crippen LogP contribution in [0.1, 0.15) is 65.6 Å². The number of aryl methyl sites for hydroxylation is 2. The summed E-state index contributed by atoms with van der Waals surface area (Å²) in [7, 11) is -3.97. The second-order valence-electron chi connectivity index (χ2n) is 13.8. The van der Waals surface area contributed by atoms with E-state index in [-0.39, 0.29) is 28.5 Å². The van der Waals surface area contributed by atoms with Crippen LogP contribution < -0.4 is 0 Å². The van der Waals surface area contributed by atoms with E-state index in [1.807, 2.05) is 10.9 Å². The summed E-state index contributed by atoms with van der Waals surface area (Å²) >= 11 is 0. The highest BCUT2D eigenvalue weighted by molar-refractivity contribution is 6.74. The van der Waals surface area contributed by atoms with Gasteiger partial charge in [-0.2, -0.15) is 0 Å². The normalized spacial score (nSPS) is 21.5. The fraction of sp³-hybridized carbons (Fsp3) is 0.679. The van der Waals surface area contributed by atoms with Crippen LogP contribution in [0.4, 0.5) is 0 Å². The van der Waals surface area contributed by atoms with Crippen LogP contribution in [-0.2, 0) is 13.6 Å². The quantitative estimate of drug-likeness (QED) is 0.293. The molecule has 1 saturated heterocycles. The molecule has 0 saturated carbocycles. The number of ether oxygens (including phenoxy) is 1. The van der Waals surface area contributed by atoms with Gasteiger partial charge < -0.3 is 18.2 Å². The molecule has 0 aromatic carbocycles. The van der Waals surface area contributed by atoms with Gasteiger partial charge in [0.15, 0.2) is 33.6 Å². The van der Waals surface area contributed by atoms with Gasteiger partial charge in [0.05, 0.1) is 19.0 Å². The lowest BCUT2D eigenvalue weighted by atomic mass is 10.2. The van der Waals surface area contributed by atoms with Crippen LogP contribution in [0.5, 0.6) is 0 Å². The van der Waals surface area contributed by atoms with E-state index in [0.29, 0.717) is 6.61 Å². The molecule has 0 N–H and O–H groups in total. The summed E-state index contributed by atoms with van der Waals surface area (Å²) in [5.74, 6) is 0.790. The number of aromatic nitrogens is 5. The Morgan fingerprint density at radius 1 is 0.921 bits per heavy atom. The molecule has 8 nitrogen and oxygen atoms in total. The second kappa shape index (κ2) is 9.96. The third-order valence-electron chi connectivity index (χ3n) is 8.98. The van der Waals surface area contributed by atoms with Crippen LogP contribution >= 0.6 is 0 Å². The maximum absolute atomic E-state index is 6.96. The van der Waals surface area contributed by atoms with Gasteiger partial charge in [-0.15, -0.1) is 0 Å². The lowest BCUT2D eigenvalue weighted by Crippen LogP contribution is -2.48. The Morgan fingerprint density at radius 3 is 2.11 bits per heavy atom. The van der Waals surface area contributed by atoms with Gasteiger partial charge in [0, 0.05) is 17.8 Å². The number of hydrogen-bond acceptors (Lipinski definition) is 6. The van der Waals surface area contributed by atoms with Crippen LogP contribution in [0.25, 0.3) is 17.0 Å². The first-order chi connectivity index (χ1) is 17.4. The number of rotatable bonds is 7. The summed E-state index contributed by atoms with van der Waals surface area (Å²) in [5.41, 5.74) is 3.76. The van der Waals surface area contributed by atoms with Crippen molar-refractivity contribution in [2.45, 2.75) is 117 Å². The molecule has 0 bridgehead atoms. The minimum atomic E-state index is -2.03. The summed E-state index contributed by atoms with van der Waals surface area (Å²) in [6.45, 7) is 27.5. The van der Waals surface area contributed by atoms with Crippen molar-refractivity contribution in [2.24, 2.45) is 0 Å². The molecule has 0 radical (unpaired) electrons. The predicted octanol–water partition coefficient (Wildman–Crippen LogP) is 6.93. The number of fused-ring (bicyclic) bond motifs is 1. The Bertz CT molecular complexity index is 1270. The molecule has 3 aromatic heterocycles. The van der Waals surface area contributed by atoms with Gasteiger partial charge in [-0.1, -0.05) is 41.5 Å². The van der Waals surface area contributed by atoms with Gasteiger partial charge in [-0.05, 0) is 62.2 Å². The maximum Gasteiger partial charge on any atom is 0.192 e. The van der Waals surface area contributed by atoms with Crippen molar-refractivity contribution >= 4 is 27.8 Å². The average molecular weight is 558 g/mol. The summed E-state index contributed by atoms with van der Waals surface area (Å²) in [5, 5.41) is 0.232. The molecule has 3 atom stereocenters. The first kappa shape index (κ1) is 29.1. The van der Waals surface area contributed by atoms with Crippen molar-refractivity contribution in [3.05, 3.63) is 36.2 Å². The SMILES string of the molecule is Cc1ccc(C)n1-c1ncnc2c1ncn2[C@H]1C[C@H](O[Si](C)(C)C(C)(C)C)[C@@H](CO[Si](C)(C)C(C)(C)C)O1. The summed E-state index contributed by atoms with van der Waals surface area (Å²) in [6.07, 6.45) is 3.73. The van der Waals surface area contributed by atoms with Gasteiger partial charge in [-0.3, -0.25) is 4.57 Å².